The molecule has 1 amide bonds. The minimum absolute atomic E-state index is 0.0860. The average molecular weight is 313 g/mol. The van der Waals surface area contributed by atoms with Gasteiger partial charge in [-0.25, -0.2) is 0 Å². The second kappa shape index (κ2) is 6.03. The van der Waals surface area contributed by atoms with E-state index < -0.39 is 0 Å². The molecule has 7 nitrogen and oxygen atoms in total. The van der Waals surface area contributed by atoms with Gasteiger partial charge in [-0.05, 0) is 19.3 Å². The summed E-state index contributed by atoms with van der Waals surface area (Å²) in [4.78, 5) is 25.6. The maximum absolute atomic E-state index is 12.4. The van der Waals surface area contributed by atoms with Gasteiger partial charge in [0.2, 0.25) is 5.91 Å². The minimum Gasteiger partial charge on any atom is -0.358 e. The minimum atomic E-state index is -0.368. The molecule has 1 aromatic heterocycles. The molecule has 0 aromatic carbocycles. The van der Waals surface area contributed by atoms with Gasteiger partial charge in [0.05, 0.1) is 18.4 Å². The third kappa shape index (κ3) is 2.89. The van der Waals surface area contributed by atoms with E-state index in [1.165, 1.54) is 4.68 Å². The summed E-state index contributed by atoms with van der Waals surface area (Å²) >= 11 is 6.20. The molecule has 8 heteroatoms. The Morgan fingerprint density at radius 3 is 2.95 bits per heavy atom. The maximum Gasteiger partial charge on any atom is 0.290 e. The number of aromatic nitrogens is 2. The summed E-state index contributed by atoms with van der Waals surface area (Å²) in [6.07, 6.45) is 3.96. The van der Waals surface area contributed by atoms with E-state index in [0.29, 0.717) is 25.4 Å². The van der Waals surface area contributed by atoms with Crippen molar-refractivity contribution in [2.24, 2.45) is 0 Å². The van der Waals surface area contributed by atoms with Crippen molar-refractivity contribution in [2.45, 2.75) is 25.5 Å². The van der Waals surface area contributed by atoms with E-state index in [2.05, 4.69) is 10.4 Å². The Balaban J connectivity index is 1.88. The summed E-state index contributed by atoms with van der Waals surface area (Å²) in [7, 11) is 0. The smallest absolute Gasteiger partial charge is 0.290 e. The van der Waals surface area contributed by atoms with Gasteiger partial charge in [-0.1, -0.05) is 11.6 Å². The lowest BCUT2D eigenvalue weighted by Gasteiger charge is -2.29. The molecule has 1 aromatic rings. The van der Waals surface area contributed by atoms with Crippen LogP contribution in [0.15, 0.2) is 11.0 Å². The van der Waals surface area contributed by atoms with E-state index in [9.17, 15) is 9.59 Å². The molecule has 2 aliphatic rings. The van der Waals surface area contributed by atoms with Crippen molar-refractivity contribution < 1.29 is 9.53 Å². The highest BCUT2D eigenvalue weighted by Gasteiger charge is 2.24. The molecule has 0 saturated carbocycles. The van der Waals surface area contributed by atoms with Crippen LogP contribution in [0.3, 0.4) is 0 Å². The monoisotopic (exact) mass is 312 g/mol. The zero-order valence-electron chi connectivity index (χ0n) is 11.5. The van der Waals surface area contributed by atoms with Gasteiger partial charge in [-0.2, -0.15) is 9.78 Å². The molecule has 2 aliphatic heterocycles. The van der Waals surface area contributed by atoms with Crippen LogP contribution in [0.25, 0.3) is 0 Å². The molecule has 3 rings (SSSR count). The van der Waals surface area contributed by atoms with Gasteiger partial charge >= 0.3 is 0 Å². The summed E-state index contributed by atoms with van der Waals surface area (Å²) in [6.45, 7) is 1.95. The van der Waals surface area contributed by atoms with Crippen LogP contribution in [0.5, 0.6) is 0 Å². The van der Waals surface area contributed by atoms with Crippen LogP contribution in [0.4, 0.5) is 5.69 Å². The summed E-state index contributed by atoms with van der Waals surface area (Å²) in [5, 5.41) is 7.01. The zero-order chi connectivity index (χ0) is 14.8. The van der Waals surface area contributed by atoms with Crippen molar-refractivity contribution in [1.82, 2.24) is 15.1 Å². The third-order valence-electron chi connectivity index (χ3n) is 3.73. The number of halogens is 1. The molecule has 0 spiro atoms. The second-order valence-corrected chi connectivity index (χ2v) is 5.56. The number of ether oxygens (including phenoxy) is 1. The Kier molecular flexibility index (Phi) is 4.12. The topological polar surface area (TPSA) is 76.5 Å². The molecule has 21 heavy (non-hydrogen) atoms. The number of amides is 1. The molecule has 0 aliphatic carbocycles. The predicted molar refractivity (Wildman–Crippen MR) is 77.6 cm³/mol. The van der Waals surface area contributed by atoms with Crippen LogP contribution in [0.1, 0.15) is 25.5 Å². The SMILES string of the molecule is O=C1CN(c2cnn(C3CCCCO3)c(=O)c2Cl)CCN1. The van der Waals surface area contributed by atoms with Gasteiger partial charge in [0, 0.05) is 19.7 Å². The quantitative estimate of drug-likeness (QED) is 0.862. The Morgan fingerprint density at radius 2 is 2.24 bits per heavy atom. The number of carbonyl (C=O) groups excluding carboxylic acids is 1. The normalized spacial score (nSPS) is 23.0. The van der Waals surface area contributed by atoms with Gasteiger partial charge in [0.1, 0.15) is 5.02 Å². The number of hydrogen-bond acceptors (Lipinski definition) is 5. The van der Waals surface area contributed by atoms with E-state index in [1.807, 2.05) is 0 Å². The molecule has 3 heterocycles. The molecule has 2 fully saturated rings. The maximum atomic E-state index is 12.4. The molecular formula is C13H17ClN4O3. The lowest BCUT2D eigenvalue weighted by atomic mass is 10.2. The number of carbonyl (C=O) groups is 1. The molecule has 1 N–H and O–H groups in total. The highest BCUT2D eigenvalue weighted by molar-refractivity contribution is 6.33. The van der Waals surface area contributed by atoms with Crippen molar-refractivity contribution in [1.29, 1.82) is 0 Å². The van der Waals surface area contributed by atoms with Crippen molar-refractivity contribution in [3.63, 3.8) is 0 Å². The van der Waals surface area contributed by atoms with E-state index >= 15 is 0 Å². The van der Waals surface area contributed by atoms with Crippen molar-refractivity contribution >= 4 is 23.2 Å². The highest BCUT2D eigenvalue weighted by Crippen LogP contribution is 2.25. The van der Waals surface area contributed by atoms with Gasteiger partial charge in [0.15, 0.2) is 6.23 Å². The van der Waals surface area contributed by atoms with Crippen molar-refractivity contribution in [3.05, 3.63) is 21.6 Å². The standard InChI is InChI=1S/C13H17ClN4O3/c14-12-9(17-5-4-15-10(19)8-17)7-16-18(13(12)20)11-3-1-2-6-21-11/h7,11H,1-6,8H2,(H,15,19). The van der Waals surface area contributed by atoms with Crippen LogP contribution in [-0.4, -0.2) is 41.9 Å². The van der Waals surface area contributed by atoms with Gasteiger partial charge < -0.3 is 15.0 Å². The second-order valence-electron chi connectivity index (χ2n) is 5.19. The Bertz CT molecular complexity index is 598. The fourth-order valence-electron chi connectivity index (χ4n) is 2.62. The number of nitrogens with one attached hydrogen (secondary N) is 1. The molecule has 0 radical (unpaired) electrons. The molecule has 2 saturated heterocycles. The van der Waals surface area contributed by atoms with E-state index in [4.69, 9.17) is 16.3 Å². The van der Waals surface area contributed by atoms with Crippen LogP contribution in [0.2, 0.25) is 5.02 Å². The summed E-state index contributed by atoms with van der Waals surface area (Å²) < 4.78 is 6.87. The van der Waals surface area contributed by atoms with E-state index in [0.717, 1.165) is 19.3 Å². The lowest BCUT2D eigenvalue weighted by Crippen LogP contribution is -2.48. The Hall–Kier alpha value is -1.60. The molecule has 0 bridgehead atoms. The average Bonchev–Trinajstić information content (AvgIpc) is 2.51. The summed E-state index contributed by atoms with van der Waals surface area (Å²) in [5.41, 5.74) is 0.135. The van der Waals surface area contributed by atoms with Crippen LogP contribution in [0, 0.1) is 0 Å². The fraction of sp³-hybridized carbons (Fsp3) is 0.615. The van der Waals surface area contributed by atoms with Gasteiger partial charge in [-0.3, -0.25) is 9.59 Å². The molecule has 114 valence electrons. The molecular weight excluding hydrogens is 296 g/mol. The molecule has 1 atom stereocenters. The summed E-state index contributed by atoms with van der Waals surface area (Å²) in [6, 6.07) is 0. The number of rotatable bonds is 2. The Labute approximate surface area is 126 Å². The van der Waals surface area contributed by atoms with Crippen molar-refractivity contribution in [3.8, 4) is 0 Å². The number of nitrogens with zero attached hydrogens (tertiary/aromatic N) is 3. The van der Waals surface area contributed by atoms with Crippen molar-refractivity contribution in [2.75, 3.05) is 31.1 Å². The van der Waals surface area contributed by atoms with Crippen LogP contribution in [-0.2, 0) is 9.53 Å². The van der Waals surface area contributed by atoms with E-state index in [1.54, 1.807) is 11.1 Å². The van der Waals surface area contributed by atoms with Crippen LogP contribution >= 0.6 is 11.6 Å². The molecule has 1 unspecified atom stereocenters. The van der Waals surface area contributed by atoms with Gasteiger partial charge in [-0.15, -0.1) is 0 Å². The first kappa shape index (κ1) is 14.3. The fourth-order valence-corrected chi connectivity index (χ4v) is 2.88. The highest BCUT2D eigenvalue weighted by atomic mass is 35.5. The zero-order valence-corrected chi connectivity index (χ0v) is 12.3. The predicted octanol–water partition coefficient (Wildman–Crippen LogP) is 0.532. The van der Waals surface area contributed by atoms with Crippen LogP contribution < -0.4 is 15.8 Å². The first-order valence-corrected chi connectivity index (χ1v) is 7.45. The summed E-state index contributed by atoms with van der Waals surface area (Å²) in [5.74, 6) is -0.0860. The first-order valence-electron chi connectivity index (χ1n) is 7.07. The third-order valence-corrected chi connectivity index (χ3v) is 4.09. The number of piperazine rings is 1. The largest absolute Gasteiger partial charge is 0.358 e. The lowest BCUT2D eigenvalue weighted by molar-refractivity contribution is -0.120. The Morgan fingerprint density at radius 1 is 1.38 bits per heavy atom. The first-order chi connectivity index (χ1) is 10.2. The number of hydrogen-bond donors (Lipinski definition) is 1. The number of anilines is 1. The van der Waals surface area contributed by atoms with E-state index in [-0.39, 0.29) is 29.3 Å². The van der Waals surface area contributed by atoms with Gasteiger partial charge in [0.25, 0.3) is 5.56 Å².